The van der Waals surface area contributed by atoms with E-state index < -0.39 is 6.04 Å². The Labute approximate surface area is 240 Å². The first-order valence-electron chi connectivity index (χ1n) is 12.6. The van der Waals surface area contributed by atoms with E-state index in [-0.39, 0.29) is 31.0 Å². The van der Waals surface area contributed by atoms with Crippen LogP contribution in [-0.2, 0) is 22.6 Å². The minimum Gasteiger partial charge on any atom is -0.484 e. The molecule has 0 aliphatic rings. The van der Waals surface area contributed by atoms with E-state index in [9.17, 15) is 9.59 Å². The fourth-order valence-electron chi connectivity index (χ4n) is 4.05. The van der Waals surface area contributed by atoms with Crippen molar-refractivity contribution >= 4 is 46.6 Å². The van der Waals surface area contributed by atoms with Gasteiger partial charge in [-0.2, -0.15) is 0 Å². The van der Waals surface area contributed by atoms with E-state index in [1.54, 1.807) is 35.2 Å². The highest BCUT2D eigenvalue weighted by molar-refractivity contribution is 6.42. The minimum absolute atomic E-state index is 0.0426. The molecule has 0 heterocycles. The van der Waals surface area contributed by atoms with Crippen LogP contribution in [0.2, 0.25) is 15.1 Å². The molecule has 3 rings (SSSR count). The molecule has 3 aromatic carbocycles. The smallest absolute Gasteiger partial charge is 0.261 e. The normalized spacial score (nSPS) is 12.5. The van der Waals surface area contributed by atoms with Gasteiger partial charge in [0.05, 0.1) is 10.0 Å². The van der Waals surface area contributed by atoms with Gasteiger partial charge in [0, 0.05) is 24.0 Å². The van der Waals surface area contributed by atoms with Gasteiger partial charge in [-0.3, -0.25) is 9.59 Å². The number of benzene rings is 3. The molecule has 2 amide bonds. The second-order valence-corrected chi connectivity index (χ2v) is 10.6. The van der Waals surface area contributed by atoms with Crippen molar-refractivity contribution in [1.82, 2.24) is 10.2 Å². The highest BCUT2D eigenvalue weighted by Gasteiger charge is 2.31. The third-order valence-corrected chi connectivity index (χ3v) is 7.72. The van der Waals surface area contributed by atoms with Gasteiger partial charge in [-0.15, -0.1) is 0 Å². The molecule has 202 valence electrons. The van der Waals surface area contributed by atoms with E-state index in [4.69, 9.17) is 39.5 Å². The number of nitrogens with one attached hydrogen (secondary N) is 1. The van der Waals surface area contributed by atoms with Crippen LogP contribution in [0.15, 0.2) is 60.7 Å². The van der Waals surface area contributed by atoms with Gasteiger partial charge < -0.3 is 15.0 Å². The van der Waals surface area contributed by atoms with Gasteiger partial charge in [0.15, 0.2) is 6.61 Å². The molecule has 0 aliphatic heterocycles. The summed E-state index contributed by atoms with van der Waals surface area (Å²) in [6.07, 6.45) is 1.11. The minimum atomic E-state index is -0.773. The molecular formula is C30H33Cl3N2O3. The molecule has 0 unspecified atom stereocenters. The molecule has 8 heteroatoms. The lowest BCUT2D eigenvalue weighted by Crippen LogP contribution is -2.53. The third kappa shape index (κ3) is 8.13. The fraction of sp³-hybridized carbons (Fsp3) is 0.333. The summed E-state index contributed by atoms with van der Waals surface area (Å²) in [7, 11) is 0. The lowest BCUT2D eigenvalue weighted by molar-refractivity contribution is -0.143. The molecule has 0 radical (unpaired) electrons. The zero-order valence-electron chi connectivity index (χ0n) is 22.1. The summed E-state index contributed by atoms with van der Waals surface area (Å²) >= 11 is 18.7. The Morgan fingerprint density at radius 1 is 0.921 bits per heavy atom. The summed E-state index contributed by atoms with van der Waals surface area (Å²) in [6, 6.07) is 17.6. The van der Waals surface area contributed by atoms with E-state index in [2.05, 4.69) is 5.32 Å². The average Bonchev–Trinajstić information content (AvgIpc) is 2.90. The molecule has 0 fully saturated rings. The molecule has 0 saturated carbocycles. The Balaban J connectivity index is 1.95. The Morgan fingerprint density at radius 3 is 2.18 bits per heavy atom. The first-order chi connectivity index (χ1) is 18.1. The number of hydrogen-bond acceptors (Lipinski definition) is 3. The van der Waals surface area contributed by atoms with Crippen LogP contribution >= 0.6 is 34.8 Å². The van der Waals surface area contributed by atoms with E-state index >= 15 is 0 Å². The molecule has 0 spiro atoms. The zero-order valence-corrected chi connectivity index (χ0v) is 24.3. The number of rotatable bonds is 11. The van der Waals surface area contributed by atoms with Gasteiger partial charge in [-0.05, 0) is 73.7 Å². The van der Waals surface area contributed by atoms with Gasteiger partial charge >= 0.3 is 0 Å². The van der Waals surface area contributed by atoms with Crippen LogP contribution in [0.3, 0.4) is 0 Å². The van der Waals surface area contributed by atoms with Gasteiger partial charge in [-0.1, -0.05) is 78.1 Å². The molecule has 0 saturated heterocycles. The molecule has 5 nitrogen and oxygen atoms in total. The van der Waals surface area contributed by atoms with Gasteiger partial charge in [-0.25, -0.2) is 0 Å². The molecule has 0 aromatic heterocycles. The monoisotopic (exact) mass is 574 g/mol. The van der Waals surface area contributed by atoms with Crippen molar-refractivity contribution in [3.63, 3.8) is 0 Å². The van der Waals surface area contributed by atoms with Crippen molar-refractivity contribution in [2.24, 2.45) is 0 Å². The summed E-state index contributed by atoms with van der Waals surface area (Å²) in [5, 5.41) is 4.51. The van der Waals surface area contributed by atoms with Crippen LogP contribution in [0.5, 0.6) is 5.75 Å². The molecular weight excluding hydrogens is 543 g/mol. The fourth-order valence-corrected chi connectivity index (χ4v) is 4.48. The highest BCUT2D eigenvalue weighted by atomic mass is 35.5. The Kier molecular flexibility index (Phi) is 10.9. The predicted molar refractivity (Wildman–Crippen MR) is 155 cm³/mol. The van der Waals surface area contributed by atoms with Crippen molar-refractivity contribution in [3.05, 3.63) is 98.0 Å². The number of ether oxygens (including phenoxy) is 1. The first kappa shape index (κ1) is 29.8. The number of aryl methyl sites for hydroxylation is 2. The molecule has 1 N–H and O–H groups in total. The maximum absolute atomic E-state index is 13.7. The maximum Gasteiger partial charge on any atom is 0.261 e. The van der Waals surface area contributed by atoms with Crippen LogP contribution in [-0.4, -0.2) is 35.4 Å². The predicted octanol–water partition coefficient (Wildman–Crippen LogP) is 7.20. The number of nitrogens with zero attached hydrogens (tertiary/aromatic N) is 1. The summed E-state index contributed by atoms with van der Waals surface area (Å²) in [5.41, 5.74) is 3.40. The Bertz CT molecular complexity index is 1240. The first-order valence-corrected chi connectivity index (χ1v) is 13.7. The van der Waals surface area contributed by atoms with Crippen LogP contribution < -0.4 is 10.1 Å². The lowest BCUT2D eigenvalue weighted by Gasteiger charge is -2.32. The Hall–Kier alpha value is -2.73. The highest BCUT2D eigenvalue weighted by Crippen LogP contribution is 2.27. The second-order valence-electron chi connectivity index (χ2n) is 9.45. The van der Waals surface area contributed by atoms with Gasteiger partial charge in [0.2, 0.25) is 5.91 Å². The van der Waals surface area contributed by atoms with Crippen molar-refractivity contribution < 1.29 is 14.3 Å². The maximum atomic E-state index is 13.7. The van der Waals surface area contributed by atoms with Crippen LogP contribution in [0.25, 0.3) is 0 Å². The van der Waals surface area contributed by atoms with E-state index in [0.717, 1.165) is 28.7 Å². The van der Waals surface area contributed by atoms with Gasteiger partial charge in [0.25, 0.3) is 5.91 Å². The van der Waals surface area contributed by atoms with E-state index in [1.165, 1.54) is 0 Å². The van der Waals surface area contributed by atoms with Crippen molar-refractivity contribution in [2.45, 2.75) is 59.2 Å². The van der Waals surface area contributed by atoms with Crippen LogP contribution in [0, 0.1) is 13.8 Å². The molecule has 0 bridgehead atoms. The summed E-state index contributed by atoms with van der Waals surface area (Å²) in [5.74, 6) is -0.0211. The summed E-state index contributed by atoms with van der Waals surface area (Å²) in [4.78, 5) is 28.9. The molecule has 2 atom stereocenters. The number of amides is 2. The molecule has 0 aliphatic carbocycles. The lowest BCUT2D eigenvalue weighted by atomic mass is 10.0. The SMILES string of the molecule is CC[C@H](C)NC(=O)[C@@H](Cc1ccccc1)N(Cc1ccc(Cl)c(Cl)c1)C(=O)COc1cc(C)c(Cl)c(C)c1. The molecule has 38 heavy (non-hydrogen) atoms. The molecule has 3 aromatic rings. The van der Waals surface area contributed by atoms with Crippen LogP contribution in [0.4, 0.5) is 0 Å². The van der Waals surface area contributed by atoms with Crippen LogP contribution in [0.1, 0.15) is 42.5 Å². The van der Waals surface area contributed by atoms with Crippen molar-refractivity contribution in [3.8, 4) is 5.75 Å². The van der Waals surface area contributed by atoms with Crippen molar-refractivity contribution in [1.29, 1.82) is 0 Å². The summed E-state index contributed by atoms with van der Waals surface area (Å²) in [6.45, 7) is 7.62. The topological polar surface area (TPSA) is 58.6 Å². The number of carbonyl (C=O) groups excluding carboxylic acids is 2. The zero-order chi connectivity index (χ0) is 27.8. The number of halogens is 3. The number of hydrogen-bond donors (Lipinski definition) is 1. The van der Waals surface area contributed by atoms with Crippen molar-refractivity contribution in [2.75, 3.05) is 6.61 Å². The largest absolute Gasteiger partial charge is 0.484 e. The quantitative estimate of drug-likeness (QED) is 0.263. The van der Waals surface area contributed by atoms with Gasteiger partial charge in [0.1, 0.15) is 11.8 Å². The third-order valence-electron chi connectivity index (χ3n) is 6.38. The summed E-state index contributed by atoms with van der Waals surface area (Å²) < 4.78 is 5.90. The standard InChI is InChI=1S/C30H33Cl3N2O3/c1-5-21(4)34-30(37)27(16-22-9-7-6-8-10-22)35(17-23-11-12-25(31)26(32)15-23)28(36)18-38-24-13-19(2)29(33)20(3)14-24/h6-15,21,27H,5,16-18H2,1-4H3,(H,34,37)/t21-,27+/m0/s1. The average molecular weight is 576 g/mol. The Morgan fingerprint density at radius 2 is 1.58 bits per heavy atom. The second kappa shape index (κ2) is 13.9. The number of carbonyl (C=O) groups is 2. The van der Waals surface area contributed by atoms with E-state index in [1.807, 2.05) is 58.0 Å². The van der Waals surface area contributed by atoms with E-state index in [0.29, 0.717) is 27.2 Å².